The Labute approximate surface area is 139 Å². The summed E-state index contributed by atoms with van der Waals surface area (Å²) in [5.74, 6) is -0.108. The fraction of sp³-hybridized carbons (Fsp3) is 0. The number of carbonyl (C=O) groups is 1. The summed E-state index contributed by atoms with van der Waals surface area (Å²) in [5, 5.41) is 16.0. The van der Waals surface area contributed by atoms with Crippen LogP contribution in [-0.4, -0.2) is 20.7 Å². The number of rotatable bonds is 2. The zero-order valence-electron chi connectivity index (χ0n) is 11.6. The van der Waals surface area contributed by atoms with Gasteiger partial charge in [0.25, 0.3) is 5.91 Å². The summed E-state index contributed by atoms with van der Waals surface area (Å²) >= 11 is 6.24. The second-order valence-corrected chi connectivity index (χ2v) is 5.99. The quantitative estimate of drug-likeness (QED) is 0.614. The Bertz CT molecular complexity index is 993. The summed E-state index contributed by atoms with van der Waals surface area (Å²) in [5.41, 5.74) is 12.6. The van der Waals surface area contributed by atoms with E-state index in [0.717, 1.165) is 11.3 Å². The summed E-state index contributed by atoms with van der Waals surface area (Å²) in [4.78, 5) is 13.1. The summed E-state index contributed by atoms with van der Waals surface area (Å²) in [7, 11) is 0. The van der Waals surface area contributed by atoms with E-state index in [1.165, 1.54) is 4.57 Å². The van der Waals surface area contributed by atoms with E-state index in [1.54, 1.807) is 24.3 Å². The SMILES string of the molecule is N#Cc1c(N)sc(-c2n[nH]c(=S)n2C(=O)c2ccccc2)c1N. The van der Waals surface area contributed by atoms with Crippen molar-refractivity contribution in [2.45, 2.75) is 0 Å². The van der Waals surface area contributed by atoms with Gasteiger partial charge in [-0.05, 0) is 24.4 Å². The fourth-order valence-corrected chi connectivity index (χ4v) is 3.22. The van der Waals surface area contributed by atoms with Crippen LogP contribution in [0.25, 0.3) is 10.7 Å². The molecule has 9 heteroatoms. The Morgan fingerprint density at radius 2 is 2.04 bits per heavy atom. The number of H-pyrrole nitrogens is 1. The first-order valence-electron chi connectivity index (χ1n) is 6.40. The van der Waals surface area contributed by atoms with Gasteiger partial charge in [-0.3, -0.25) is 9.89 Å². The van der Waals surface area contributed by atoms with E-state index in [9.17, 15) is 4.79 Å². The first-order chi connectivity index (χ1) is 11.0. The highest BCUT2D eigenvalue weighted by atomic mass is 32.1. The van der Waals surface area contributed by atoms with E-state index in [4.69, 9.17) is 28.9 Å². The van der Waals surface area contributed by atoms with Gasteiger partial charge in [0.2, 0.25) is 4.77 Å². The Hall–Kier alpha value is -2.96. The van der Waals surface area contributed by atoms with Gasteiger partial charge in [0.1, 0.15) is 16.6 Å². The fourth-order valence-electron chi connectivity index (χ4n) is 2.09. The van der Waals surface area contributed by atoms with Crippen molar-refractivity contribution < 1.29 is 4.79 Å². The molecule has 0 bridgehead atoms. The van der Waals surface area contributed by atoms with E-state index >= 15 is 0 Å². The summed E-state index contributed by atoms with van der Waals surface area (Å²) in [6.45, 7) is 0. The summed E-state index contributed by atoms with van der Waals surface area (Å²) in [6.07, 6.45) is 0. The maximum Gasteiger partial charge on any atom is 0.265 e. The van der Waals surface area contributed by atoms with Gasteiger partial charge in [-0.15, -0.1) is 11.3 Å². The standard InChI is InChI=1S/C14H10N6OS2/c15-6-8-9(16)10(23-11(8)17)12-18-19-14(22)20(12)13(21)7-4-2-1-3-5-7/h1-5H,16-17H2,(H,19,22). The molecule has 0 unspecified atom stereocenters. The number of aromatic nitrogens is 3. The number of hydrogen-bond acceptors (Lipinski definition) is 7. The lowest BCUT2D eigenvalue weighted by Crippen LogP contribution is -2.13. The van der Waals surface area contributed by atoms with Crippen LogP contribution in [0.1, 0.15) is 15.9 Å². The van der Waals surface area contributed by atoms with Gasteiger partial charge in [0, 0.05) is 5.56 Å². The average molecular weight is 342 g/mol. The highest BCUT2D eigenvalue weighted by Crippen LogP contribution is 2.39. The molecular weight excluding hydrogens is 332 g/mol. The van der Waals surface area contributed by atoms with Gasteiger partial charge in [-0.25, -0.2) is 4.57 Å². The van der Waals surface area contributed by atoms with Gasteiger partial charge in [0.05, 0.1) is 10.6 Å². The predicted molar refractivity (Wildman–Crippen MR) is 90.4 cm³/mol. The van der Waals surface area contributed by atoms with Crippen molar-refractivity contribution in [3.8, 4) is 16.8 Å². The van der Waals surface area contributed by atoms with Crippen molar-refractivity contribution >= 4 is 40.2 Å². The van der Waals surface area contributed by atoms with Crippen molar-refractivity contribution in [1.29, 1.82) is 5.26 Å². The zero-order valence-corrected chi connectivity index (χ0v) is 13.2. The molecule has 0 fully saturated rings. The second kappa shape index (κ2) is 5.68. The number of nitrogen functional groups attached to an aromatic ring is 2. The van der Waals surface area contributed by atoms with Crippen LogP contribution >= 0.6 is 23.6 Å². The molecule has 0 radical (unpaired) electrons. The molecule has 0 amide bonds. The molecule has 3 rings (SSSR count). The van der Waals surface area contributed by atoms with Gasteiger partial charge in [-0.1, -0.05) is 18.2 Å². The minimum atomic E-state index is -0.343. The van der Waals surface area contributed by atoms with Crippen LogP contribution in [-0.2, 0) is 0 Å². The lowest BCUT2D eigenvalue weighted by Gasteiger charge is -2.05. The van der Waals surface area contributed by atoms with Crippen LogP contribution in [0.2, 0.25) is 0 Å². The number of nitriles is 1. The molecule has 2 heterocycles. The van der Waals surface area contributed by atoms with Crippen molar-refractivity contribution in [3.63, 3.8) is 0 Å². The van der Waals surface area contributed by atoms with E-state index in [1.807, 2.05) is 12.1 Å². The van der Waals surface area contributed by atoms with Crippen LogP contribution in [0.15, 0.2) is 30.3 Å². The molecule has 3 aromatic rings. The average Bonchev–Trinajstić information content (AvgIpc) is 3.07. The molecule has 0 saturated heterocycles. The van der Waals surface area contributed by atoms with Crippen molar-refractivity contribution in [2.75, 3.05) is 11.5 Å². The smallest absolute Gasteiger partial charge is 0.265 e. The number of carbonyl (C=O) groups excluding carboxylic acids is 1. The first kappa shape index (κ1) is 15.0. The molecule has 0 atom stereocenters. The predicted octanol–water partition coefficient (Wildman–Crippen LogP) is 2.39. The van der Waals surface area contributed by atoms with Gasteiger partial charge < -0.3 is 11.5 Å². The third-order valence-electron chi connectivity index (χ3n) is 3.18. The van der Waals surface area contributed by atoms with Crippen molar-refractivity contribution in [3.05, 3.63) is 46.2 Å². The third-order valence-corrected chi connectivity index (χ3v) is 4.49. The molecule has 7 nitrogen and oxygen atoms in total. The Kier molecular flexibility index (Phi) is 3.69. The van der Waals surface area contributed by atoms with Crippen LogP contribution in [0.5, 0.6) is 0 Å². The van der Waals surface area contributed by atoms with Crippen LogP contribution in [0.3, 0.4) is 0 Å². The largest absolute Gasteiger partial charge is 0.396 e. The number of aromatic amines is 1. The lowest BCUT2D eigenvalue weighted by atomic mass is 10.2. The van der Waals surface area contributed by atoms with Gasteiger partial charge >= 0.3 is 0 Å². The van der Waals surface area contributed by atoms with Crippen LogP contribution in [0.4, 0.5) is 10.7 Å². The zero-order chi connectivity index (χ0) is 16.6. The van der Waals surface area contributed by atoms with Crippen LogP contribution in [0, 0.1) is 16.1 Å². The molecule has 0 aliphatic heterocycles. The third kappa shape index (κ3) is 2.40. The second-order valence-electron chi connectivity index (χ2n) is 4.55. The maximum atomic E-state index is 12.7. The maximum absolute atomic E-state index is 12.7. The molecule has 0 aliphatic carbocycles. The molecule has 114 valence electrons. The van der Waals surface area contributed by atoms with E-state index in [2.05, 4.69) is 10.2 Å². The summed E-state index contributed by atoms with van der Waals surface area (Å²) in [6, 6.07) is 10.6. The Morgan fingerprint density at radius 3 is 2.65 bits per heavy atom. The molecule has 0 saturated carbocycles. The van der Waals surface area contributed by atoms with Crippen molar-refractivity contribution in [2.24, 2.45) is 0 Å². The number of nitrogens with zero attached hydrogens (tertiary/aromatic N) is 3. The molecular formula is C14H10N6OS2. The first-order valence-corrected chi connectivity index (χ1v) is 7.62. The molecule has 23 heavy (non-hydrogen) atoms. The lowest BCUT2D eigenvalue weighted by molar-refractivity contribution is 0.0960. The van der Waals surface area contributed by atoms with E-state index in [0.29, 0.717) is 10.4 Å². The Morgan fingerprint density at radius 1 is 1.35 bits per heavy atom. The van der Waals surface area contributed by atoms with Gasteiger partial charge in [-0.2, -0.15) is 10.4 Å². The topological polar surface area (TPSA) is 127 Å². The van der Waals surface area contributed by atoms with Crippen LogP contribution < -0.4 is 11.5 Å². The molecule has 0 aliphatic rings. The van der Waals surface area contributed by atoms with E-state index in [-0.39, 0.29) is 32.8 Å². The highest BCUT2D eigenvalue weighted by Gasteiger charge is 2.23. The highest BCUT2D eigenvalue weighted by molar-refractivity contribution is 7.71. The Balaban J connectivity index is 2.20. The molecule has 1 aromatic carbocycles. The monoisotopic (exact) mass is 342 g/mol. The molecule has 2 aromatic heterocycles. The minimum Gasteiger partial charge on any atom is -0.396 e. The summed E-state index contributed by atoms with van der Waals surface area (Å²) < 4.78 is 1.38. The van der Waals surface area contributed by atoms with Gasteiger partial charge in [0.15, 0.2) is 5.82 Å². The number of nitrogens with one attached hydrogen (secondary N) is 1. The van der Waals surface area contributed by atoms with Crippen molar-refractivity contribution in [1.82, 2.24) is 14.8 Å². The number of anilines is 2. The normalized spacial score (nSPS) is 10.4. The number of thiophene rings is 1. The number of nitrogens with two attached hydrogens (primary N) is 2. The number of hydrogen-bond donors (Lipinski definition) is 3. The molecule has 0 spiro atoms. The minimum absolute atomic E-state index is 0.138. The number of benzene rings is 1. The molecule has 5 N–H and O–H groups in total. The van der Waals surface area contributed by atoms with E-state index < -0.39 is 0 Å².